The summed E-state index contributed by atoms with van der Waals surface area (Å²) < 4.78 is 0. The smallest absolute Gasteiger partial charge is 0.142 e. The van der Waals surface area contributed by atoms with Gasteiger partial charge in [0, 0.05) is 26.2 Å². The van der Waals surface area contributed by atoms with E-state index < -0.39 is 0 Å². The molecule has 2 fully saturated rings. The average Bonchev–Trinajstić information content (AvgIpc) is 2.81. The van der Waals surface area contributed by atoms with Gasteiger partial charge in [-0.05, 0) is 43.9 Å². The van der Waals surface area contributed by atoms with E-state index in [1.807, 2.05) is 12.1 Å². The first kappa shape index (κ1) is 15.3. The Morgan fingerprint density at radius 2 is 1.91 bits per heavy atom. The highest BCUT2D eigenvalue weighted by atomic mass is 15.2. The van der Waals surface area contributed by atoms with Crippen LogP contribution in [0.3, 0.4) is 0 Å². The number of nitrogens with zero attached hydrogens (tertiary/aromatic N) is 4. The predicted octanol–water partition coefficient (Wildman–Crippen LogP) is 3.05. The SMILES string of the molecule is N#Cc1cccc(N2CCCN(CC3CCCCC3)CC2)n1. The molecule has 0 radical (unpaired) electrons. The molecule has 0 bridgehead atoms. The molecule has 1 saturated heterocycles. The standard InChI is InChI=1S/C18H26N4/c19-14-17-8-4-9-18(20-17)22-11-5-10-21(12-13-22)15-16-6-2-1-3-7-16/h4,8-9,16H,1-3,5-7,10-13,15H2. The van der Waals surface area contributed by atoms with Gasteiger partial charge in [-0.15, -0.1) is 0 Å². The van der Waals surface area contributed by atoms with E-state index in [1.165, 1.54) is 51.6 Å². The Hall–Kier alpha value is -1.60. The zero-order chi connectivity index (χ0) is 15.2. The van der Waals surface area contributed by atoms with Crippen LogP contribution in [-0.2, 0) is 0 Å². The van der Waals surface area contributed by atoms with E-state index in [9.17, 15) is 0 Å². The molecule has 1 aromatic rings. The fraction of sp³-hybridized carbons (Fsp3) is 0.667. The van der Waals surface area contributed by atoms with Crippen molar-refractivity contribution in [2.45, 2.75) is 38.5 Å². The molecule has 0 aromatic carbocycles. The minimum atomic E-state index is 0.515. The molecule has 2 heterocycles. The highest BCUT2D eigenvalue weighted by molar-refractivity contribution is 5.41. The van der Waals surface area contributed by atoms with Crippen LogP contribution in [0.15, 0.2) is 18.2 Å². The summed E-state index contributed by atoms with van der Waals surface area (Å²) in [4.78, 5) is 9.42. The van der Waals surface area contributed by atoms with Crippen molar-refractivity contribution in [3.05, 3.63) is 23.9 Å². The number of rotatable bonds is 3. The Bertz CT molecular complexity index is 516. The maximum absolute atomic E-state index is 9.00. The molecular formula is C18H26N4. The van der Waals surface area contributed by atoms with Gasteiger partial charge < -0.3 is 9.80 Å². The second kappa shape index (κ2) is 7.60. The summed E-state index contributed by atoms with van der Waals surface area (Å²) in [5.74, 6) is 1.87. The molecule has 3 rings (SSSR count). The van der Waals surface area contributed by atoms with Crippen molar-refractivity contribution in [2.24, 2.45) is 5.92 Å². The predicted molar refractivity (Wildman–Crippen MR) is 88.8 cm³/mol. The largest absolute Gasteiger partial charge is 0.355 e. The Morgan fingerprint density at radius 3 is 2.73 bits per heavy atom. The van der Waals surface area contributed by atoms with Crippen LogP contribution in [0.1, 0.15) is 44.2 Å². The summed E-state index contributed by atoms with van der Waals surface area (Å²) in [6, 6.07) is 7.87. The third-order valence-electron chi connectivity index (χ3n) is 5.00. The first-order valence-corrected chi connectivity index (χ1v) is 8.69. The van der Waals surface area contributed by atoms with Crippen LogP contribution >= 0.6 is 0 Å². The maximum Gasteiger partial charge on any atom is 0.142 e. The molecule has 0 atom stereocenters. The zero-order valence-corrected chi connectivity index (χ0v) is 13.4. The van der Waals surface area contributed by atoms with Gasteiger partial charge in [0.1, 0.15) is 17.6 Å². The van der Waals surface area contributed by atoms with Crippen LogP contribution in [0.5, 0.6) is 0 Å². The van der Waals surface area contributed by atoms with Crippen molar-refractivity contribution >= 4 is 5.82 Å². The number of hydrogen-bond donors (Lipinski definition) is 0. The Balaban J connectivity index is 1.56. The summed E-state index contributed by atoms with van der Waals surface area (Å²) >= 11 is 0. The lowest BCUT2D eigenvalue weighted by atomic mass is 9.89. The van der Waals surface area contributed by atoms with E-state index in [2.05, 4.69) is 20.9 Å². The molecule has 1 aliphatic heterocycles. The molecule has 2 aliphatic rings. The van der Waals surface area contributed by atoms with Crippen molar-refractivity contribution in [3.8, 4) is 6.07 Å². The van der Waals surface area contributed by atoms with Crippen molar-refractivity contribution < 1.29 is 0 Å². The lowest BCUT2D eigenvalue weighted by Gasteiger charge is -2.29. The second-order valence-corrected chi connectivity index (χ2v) is 6.64. The molecule has 0 unspecified atom stereocenters. The molecule has 4 nitrogen and oxygen atoms in total. The Morgan fingerprint density at radius 1 is 1.05 bits per heavy atom. The second-order valence-electron chi connectivity index (χ2n) is 6.64. The Labute approximate surface area is 133 Å². The van der Waals surface area contributed by atoms with E-state index in [0.717, 1.165) is 31.4 Å². The quantitative estimate of drug-likeness (QED) is 0.860. The average molecular weight is 298 g/mol. The van der Waals surface area contributed by atoms with E-state index >= 15 is 0 Å². The summed E-state index contributed by atoms with van der Waals surface area (Å²) in [6.45, 7) is 5.66. The van der Waals surface area contributed by atoms with Crippen molar-refractivity contribution in [1.82, 2.24) is 9.88 Å². The highest BCUT2D eigenvalue weighted by Crippen LogP contribution is 2.25. The van der Waals surface area contributed by atoms with Crippen molar-refractivity contribution in [2.75, 3.05) is 37.6 Å². The fourth-order valence-corrected chi connectivity index (χ4v) is 3.78. The van der Waals surface area contributed by atoms with Crippen molar-refractivity contribution in [1.29, 1.82) is 5.26 Å². The molecule has 0 amide bonds. The van der Waals surface area contributed by atoms with Gasteiger partial charge in [0.05, 0.1) is 0 Å². The molecule has 1 aliphatic carbocycles. The van der Waals surface area contributed by atoms with Crippen LogP contribution in [0.2, 0.25) is 0 Å². The van der Waals surface area contributed by atoms with Crippen LogP contribution in [-0.4, -0.2) is 42.6 Å². The van der Waals surface area contributed by atoms with Gasteiger partial charge in [-0.25, -0.2) is 4.98 Å². The lowest BCUT2D eigenvalue weighted by molar-refractivity contribution is 0.211. The van der Waals surface area contributed by atoms with Crippen LogP contribution in [0.4, 0.5) is 5.82 Å². The zero-order valence-electron chi connectivity index (χ0n) is 13.4. The third-order valence-corrected chi connectivity index (χ3v) is 5.00. The molecule has 4 heteroatoms. The first-order valence-electron chi connectivity index (χ1n) is 8.69. The van der Waals surface area contributed by atoms with E-state index in [1.54, 1.807) is 6.07 Å². The summed E-state index contributed by atoms with van der Waals surface area (Å²) in [5, 5.41) is 9.00. The Kier molecular flexibility index (Phi) is 5.29. The third kappa shape index (κ3) is 3.98. The van der Waals surface area contributed by atoms with Gasteiger partial charge in [0.15, 0.2) is 0 Å². The van der Waals surface area contributed by atoms with Gasteiger partial charge in [0.2, 0.25) is 0 Å². The lowest BCUT2D eigenvalue weighted by Crippen LogP contribution is -2.34. The molecule has 1 aromatic heterocycles. The normalized spacial score (nSPS) is 21.3. The van der Waals surface area contributed by atoms with Crippen LogP contribution in [0.25, 0.3) is 0 Å². The van der Waals surface area contributed by atoms with E-state index in [-0.39, 0.29) is 0 Å². The fourth-order valence-electron chi connectivity index (χ4n) is 3.78. The van der Waals surface area contributed by atoms with E-state index in [0.29, 0.717) is 5.69 Å². The minimum Gasteiger partial charge on any atom is -0.355 e. The molecule has 0 spiro atoms. The first-order chi connectivity index (χ1) is 10.8. The summed E-state index contributed by atoms with van der Waals surface area (Å²) in [6.07, 6.45) is 8.32. The highest BCUT2D eigenvalue weighted by Gasteiger charge is 2.20. The number of aromatic nitrogens is 1. The molecule has 118 valence electrons. The number of nitriles is 1. The van der Waals surface area contributed by atoms with E-state index in [4.69, 9.17) is 5.26 Å². The molecule has 22 heavy (non-hydrogen) atoms. The molecule has 1 saturated carbocycles. The monoisotopic (exact) mass is 298 g/mol. The van der Waals surface area contributed by atoms with Crippen LogP contribution in [0, 0.1) is 17.2 Å². The van der Waals surface area contributed by atoms with Gasteiger partial charge in [-0.1, -0.05) is 25.3 Å². The van der Waals surface area contributed by atoms with Gasteiger partial charge >= 0.3 is 0 Å². The molecule has 0 N–H and O–H groups in total. The number of pyridine rings is 1. The summed E-state index contributed by atoms with van der Waals surface area (Å²) in [5.41, 5.74) is 0.515. The maximum atomic E-state index is 9.00. The van der Waals surface area contributed by atoms with Gasteiger partial charge in [0.25, 0.3) is 0 Å². The van der Waals surface area contributed by atoms with Crippen LogP contribution < -0.4 is 4.90 Å². The van der Waals surface area contributed by atoms with Crippen molar-refractivity contribution in [3.63, 3.8) is 0 Å². The number of anilines is 1. The topological polar surface area (TPSA) is 43.2 Å². The van der Waals surface area contributed by atoms with Gasteiger partial charge in [-0.2, -0.15) is 5.26 Å². The van der Waals surface area contributed by atoms with Gasteiger partial charge in [-0.3, -0.25) is 0 Å². The minimum absolute atomic E-state index is 0.515. The molecular weight excluding hydrogens is 272 g/mol. The summed E-state index contributed by atoms with van der Waals surface area (Å²) in [7, 11) is 0. The number of hydrogen-bond acceptors (Lipinski definition) is 4.